The Morgan fingerprint density at radius 1 is 0.926 bits per heavy atom. The second kappa shape index (κ2) is 7.71. The van der Waals surface area contributed by atoms with Crippen molar-refractivity contribution in [1.29, 1.82) is 0 Å². The number of rotatable bonds is 5. The predicted molar refractivity (Wildman–Crippen MR) is 105 cm³/mol. The number of hydrogen-bond acceptors (Lipinski definition) is 4. The van der Waals surface area contributed by atoms with Crippen LogP contribution in [0.15, 0.2) is 36.7 Å². The smallest absolute Gasteiger partial charge is 0.282 e. The summed E-state index contributed by atoms with van der Waals surface area (Å²) >= 11 is 0. The minimum Gasteiger partial charge on any atom is -0.296 e. The van der Waals surface area contributed by atoms with E-state index in [1.807, 2.05) is 10.9 Å². The van der Waals surface area contributed by atoms with Crippen LogP contribution in [0.2, 0.25) is 0 Å². The third-order valence-corrected chi connectivity index (χ3v) is 7.43. The first-order valence-electron chi connectivity index (χ1n) is 9.60. The first-order valence-corrected chi connectivity index (χ1v) is 11.0. The summed E-state index contributed by atoms with van der Waals surface area (Å²) in [4.78, 5) is 2.30. The Bertz CT molecular complexity index is 864. The van der Waals surface area contributed by atoms with Crippen molar-refractivity contribution in [2.24, 2.45) is 0 Å². The van der Waals surface area contributed by atoms with Gasteiger partial charge in [0.05, 0.1) is 11.9 Å². The van der Waals surface area contributed by atoms with Gasteiger partial charge >= 0.3 is 0 Å². The molecule has 0 bridgehead atoms. The maximum atomic E-state index is 12.7. The molecule has 0 atom stereocenters. The Morgan fingerprint density at radius 2 is 1.56 bits per heavy atom. The van der Waals surface area contributed by atoms with E-state index in [0.717, 1.165) is 43.7 Å². The molecule has 2 fully saturated rings. The molecule has 0 unspecified atom stereocenters. The van der Waals surface area contributed by atoms with Gasteiger partial charge in [-0.05, 0) is 31.9 Å². The van der Waals surface area contributed by atoms with Gasteiger partial charge in [0.15, 0.2) is 0 Å². The SMILES string of the molecule is Cc1ccc(-n2cc(CN3CCN(S(=O)(=O)N4CCCC4)CC3)cn2)cc1. The van der Waals surface area contributed by atoms with Crippen LogP contribution in [0.25, 0.3) is 5.69 Å². The Kier molecular flexibility index (Phi) is 5.32. The fourth-order valence-electron chi connectivity index (χ4n) is 3.74. The van der Waals surface area contributed by atoms with Crippen molar-refractivity contribution in [3.05, 3.63) is 47.8 Å². The van der Waals surface area contributed by atoms with Crippen molar-refractivity contribution in [2.45, 2.75) is 26.3 Å². The summed E-state index contributed by atoms with van der Waals surface area (Å²) in [5.41, 5.74) is 3.42. The summed E-state index contributed by atoms with van der Waals surface area (Å²) < 4.78 is 30.5. The molecule has 27 heavy (non-hydrogen) atoms. The summed E-state index contributed by atoms with van der Waals surface area (Å²) in [6.45, 7) is 6.83. The fraction of sp³-hybridized carbons (Fsp3) is 0.526. The number of piperazine rings is 1. The molecule has 2 aromatic rings. The van der Waals surface area contributed by atoms with Gasteiger partial charge in [-0.25, -0.2) is 4.68 Å². The highest BCUT2D eigenvalue weighted by Gasteiger charge is 2.33. The molecule has 146 valence electrons. The number of nitrogens with zero attached hydrogens (tertiary/aromatic N) is 5. The zero-order valence-electron chi connectivity index (χ0n) is 15.8. The molecule has 1 aromatic heterocycles. The zero-order chi connectivity index (χ0) is 18.9. The largest absolute Gasteiger partial charge is 0.296 e. The molecular formula is C19H27N5O2S. The van der Waals surface area contributed by atoms with Crippen LogP contribution in [-0.4, -0.2) is 71.0 Å². The highest BCUT2D eigenvalue weighted by molar-refractivity contribution is 7.86. The van der Waals surface area contributed by atoms with Crippen LogP contribution < -0.4 is 0 Å². The minimum atomic E-state index is -3.27. The van der Waals surface area contributed by atoms with Gasteiger partial charge in [0.1, 0.15) is 0 Å². The van der Waals surface area contributed by atoms with Crippen LogP contribution in [-0.2, 0) is 16.8 Å². The van der Waals surface area contributed by atoms with Gasteiger partial charge in [0, 0.05) is 57.6 Å². The van der Waals surface area contributed by atoms with Crippen molar-refractivity contribution in [3.8, 4) is 5.69 Å². The molecule has 7 nitrogen and oxygen atoms in total. The van der Waals surface area contributed by atoms with E-state index in [0.29, 0.717) is 26.2 Å². The van der Waals surface area contributed by atoms with Crippen molar-refractivity contribution in [1.82, 2.24) is 23.3 Å². The summed E-state index contributed by atoms with van der Waals surface area (Å²) in [6, 6.07) is 8.29. The van der Waals surface area contributed by atoms with E-state index in [4.69, 9.17) is 0 Å². The van der Waals surface area contributed by atoms with E-state index in [-0.39, 0.29) is 0 Å². The Hall–Kier alpha value is -1.74. The first kappa shape index (κ1) is 18.6. The first-order chi connectivity index (χ1) is 13.0. The lowest BCUT2D eigenvalue weighted by atomic mass is 10.2. The molecule has 2 aliphatic rings. The maximum Gasteiger partial charge on any atom is 0.282 e. The molecule has 1 aromatic carbocycles. The topological polar surface area (TPSA) is 61.7 Å². The summed E-state index contributed by atoms with van der Waals surface area (Å²) in [5, 5.41) is 4.47. The molecule has 0 N–H and O–H groups in total. The molecular weight excluding hydrogens is 362 g/mol. The second-order valence-electron chi connectivity index (χ2n) is 7.42. The van der Waals surface area contributed by atoms with E-state index in [1.54, 1.807) is 8.61 Å². The highest BCUT2D eigenvalue weighted by atomic mass is 32.2. The van der Waals surface area contributed by atoms with Gasteiger partial charge in [-0.3, -0.25) is 4.90 Å². The molecule has 0 spiro atoms. The predicted octanol–water partition coefficient (Wildman–Crippen LogP) is 1.64. The number of hydrogen-bond donors (Lipinski definition) is 0. The van der Waals surface area contributed by atoms with Crippen molar-refractivity contribution < 1.29 is 8.42 Å². The molecule has 3 heterocycles. The zero-order valence-corrected chi connectivity index (χ0v) is 16.6. The third-order valence-electron chi connectivity index (χ3n) is 5.39. The average molecular weight is 390 g/mol. The second-order valence-corrected chi connectivity index (χ2v) is 9.35. The maximum absolute atomic E-state index is 12.7. The quantitative estimate of drug-likeness (QED) is 0.780. The lowest BCUT2D eigenvalue weighted by molar-refractivity contribution is 0.176. The monoisotopic (exact) mass is 389 g/mol. The van der Waals surface area contributed by atoms with Crippen LogP contribution in [0.1, 0.15) is 24.0 Å². The molecule has 0 saturated carbocycles. The van der Waals surface area contributed by atoms with E-state index in [2.05, 4.69) is 47.4 Å². The van der Waals surface area contributed by atoms with E-state index >= 15 is 0 Å². The molecule has 0 aliphatic carbocycles. The Labute approximate surface area is 161 Å². The molecule has 4 rings (SSSR count). The normalized spacial score (nSPS) is 20.3. The van der Waals surface area contributed by atoms with Crippen molar-refractivity contribution in [3.63, 3.8) is 0 Å². The van der Waals surface area contributed by atoms with Crippen molar-refractivity contribution in [2.75, 3.05) is 39.3 Å². The molecule has 0 radical (unpaired) electrons. The summed E-state index contributed by atoms with van der Waals surface area (Å²) in [7, 11) is -3.27. The van der Waals surface area contributed by atoms with E-state index < -0.39 is 10.2 Å². The number of aryl methyl sites for hydroxylation is 1. The Balaban J connectivity index is 1.34. The van der Waals surface area contributed by atoms with Crippen LogP contribution in [0, 0.1) is 6.92 Å². The lowest BCUT2D eigenvalue weighted by Crippen LogP contribution is -2.52. The van der Waals surface area contributed by atoms with Gasteiger partial charge in [0.25, 0.3) is 10.2 Å². The van der Waals surface area contributed by atoms with Gasteiger partial charge < -0.3 is 0 Å². The van der Waals surface area contributed by atoms with E-state index in [1.165, 1.54) is 5.56 Å². The van der Waals surface area contributed by atoms with Crippen LogP contribution >= 0.6 is 0 Å². The molecule has 8 heteroatoms. The lowest BCUT2D eigenvalue weighted by Gasteiger charge is -2.35. The average Bonchev–Trinajstić information content (AvgIpc) is 3.35. The summed E-state index contributed by atoms with van der Waals surface area (Å²) in [5.74, 6) is 0. The van der Waals surface area contributed by atoms with Crippen LogP contribution in [0.5, 0.6) is 0 Å². The third kappa shape index (κ3) is 4.08. The van der Waals surface area contributed by atoms with Gasteiger partial charge in [-0.15, -0.1) is 0 Å². The van der Waals surface area contributed by atoms with Crippen LogP contribution in [0.4, 0.5) is 0 Å². The van der Waals surface area contributed by atoms with Gasteiger partial charge in [-0.2, -0.15) is 22.1 Å². The fourth-order valence-corrected chi connectivity index (χ4v) is 5.41. The molecule has 2 aliphatic heterocycles. The van der Waals surface area contributed by atoms with Gasteiger partial charge in [-0.1, -0.05) is 17.7 Å². The minimum absolute atomic E-state index is 0.560. The molecule has 2 saturated heterocycles. The number of benzene rings is 1. The summed E-state index contributed by atoms with van der Waals surface area (Å²) in [6.07, 6.45) is 5.90. The van der Waals surface area contributed by atoms with Crippen molar-refractivity contribution >= 4 is 10.2 Å². The van der Waals surface area contributed by atoms with Gasteiger partial charge in [0.2, 0.25) is 0 Å². The standard InChI is InChI=1S/C19H27N5O2S/c1-17-4-6-19(7-5-17)24-16-18(14-20-24)15-21-10-12-23(13-11-21)27(25,26)22-8-2-3-9-22/h4-7,14,16H,2-3,8-13,15H2,1H3. The Morgan fingerprint density at radius 3 is 2.22 bits per heavy atom. The molecule has 0 amide bonds. The number of aromatic nitrogens is 2. The van der Waals surface area contributed by atoms with Crippen LogP contribution in [0.3, 0.4) is 0 Å². The highest BCUT2D eigenvalue weighted by Crippen LogP contribution is 2.19. The van der Waals surface area contributed by atoms with E-state index in [9.17, 15) is 8.42 Å².